The third kappa shape index (κ3) is 2.68. The van der Waals surface area contributed by atoms with Crippen LogP contribution < -0.4 is 16.8 Å². The minimum Gasteiger partial charge on any atom is -0.383 e. The molecule has 0 unspecified atom stereocenters. The molecule has 0 saturated heterocycles. The number of hydrogen-bond acceptors (Lipinski definition) is 7. The first-order valence-electron chi connectivity index (χ1n) is 5.23. The first kappa shape index (κ1) is 12.1. The topological polar surface area (TPSA) is 137 Å². The molecule has 0 saturated carbocycles. The van der Waals surface area contributed by atoms with Gasteiger partial charge in [-0.2, -0.15) is 20.5 Å². The zero-order valence-electron chi connectivity index (χ0n) is 9.75. The molecule has 1 aromatic heterocycles. The molecule has 0 aliphatic carbocycles. The first-order chi connectivity index (χ1) is 9.12. The van der Waals surface area contributed by atoms with E-state index < -0.39 is 0 Å². The molecule has 7 heteroatoms. The molecular formula is C12H9N7. The molecule has 0 radical (unpaired) electrons. The molecule has 5 N–H and O–H groups in total. The second kappa shape index (κ2) is 4.90. The molecule has 0 bridgehead atoms. The van der Waals surface area contributed by atoms with Crippen LogP contribution in [-0.4, -0.2) is 9.97 Å². The van der Waals surface area contributed by atoms with Gasteiger partial charge in [0.15, 0.2) is 0 Å². The highest BCUT2D eigenvalue weighted by Crippen LogP contribution is 2.19. The molecule has 0 atom stereocenters. The number of rotatable bonds is 2. The van der Waals surface area contributed by atoms with Crippen LogP contribution in [0, 0.1) is 22.7 Å². The van der Waals surface area contributed by atoms with Gasteiger partial charge >= 0.3 is 0 Å². The van der Waals surface area contributed by atoms with Crippen LogP contribution in [0.4, 0.5) is 23.3 Å². The second-order valence-electron chi connectivity index (χ2n) is 3.65. The van der Waals surface area contributed by atoms with Gasteiger partial charge in [-0.05, 0) is 18.2 Å². The van der Waals surface area contributed by atoms with Gasteiger partial charge in [-0.1, -0.05) is 0 Å². The maximum atomic E-state index is 8.93. The summed E-state index contributed by atoms with van der Waals surface area (Å²) in [5, 5.41) is 20.7. The highest BCUT2D eigenvalue weighted by atomic mass is 15.1. The summed E-state index contributed by atoms with van der Waals surface area (Å²) >= 11 is 0. The number of nitrogens with two attached hydrogens (primary N) is 2. The molecule has 1 heterocycles. The fraction of sp³-hybridized carbons (Fsp3) is 0. The lowest BCUT2D eigenvalue weighted by Gasteiger charge is -2.07. The van der Waals surface area contributed by atoms with Gasteiger partial charge in [0.25, 0.3) is 0 Å². The summed E-state index contributed by atoms with van der Waals surface area (Å²) in [7, 11) is 0. The van der Waals surface area contributed by atoms with Crippen LogP contribution >= 0.6 is 0 Å². The Morgan fingerprint density at radius 1 is 1.00 bits per heavy atom. The van der Waals surface area contributed by atoms with Crippen LogP contribution in [0.2, 0.25) is 0 Å². The number of aromatic nitrogens is 2. The normalized spacial score (nSPS) is 9.37. The van der Waals surface area contributed by atoms with Crippen molar-refractivity contribution in [2.24, 2.45) is 0 Å². The summed E-state index contributed by atoms with van der Waals surface area (Å²) in [5.41, 5.74) is 12.2. The number of nitrogen functional groups attached to an aromatic ring is 2. The Morgan fingerprint density at radius 3 is 2.37 bits per heavy atom. The smallest absolute Gasteiger partial charge is 0.223 e. The number of anilines is 4. The third-order valence-corrected chi connectivity index (χ3v) is 2.30. The van der Waals surface area contributed by atoms with Crippen LogP contribution in [0.15, 0.2) is 24.3 Å². The van der Waals surface area contributed by atoms with Gasteiger partial charge in [0.1, 0.15) is 23.8 Å². The van der Waals surface area contributed by atoms with E-state index in [1.807, 2.05) is 12.1 Å². The van der Waals surface area contributed by atoms with Gasteiger partial charge in [-0.15, -0.1) is 0 Å². The van der Waals surface area contributed by atoms with Crippen molar-refractivity contribution < 1.29 is 0 Å². The SMILES string of the molecule is N#Cc1ccc(Nc2cc(N)nc(N)n2)cc1C#N. The molecule has 2 aromatic rings. The van der Waals surface area contributed by atoms with E-state index >= 15 is 0 Å². The Hall–Kier alpha value is -3.32. The molecule has 0 fully saturated rings. The summed E-state index contributed by atoms with van der Waals surface area (Å²) < 4.78 is 0. The molecule has 0 amide bonds. The summed E-state index contributed by atoms with van der Waals surface area (Å²) in [4.78, 5) is 7.70. The van der Waals surface area contributed by atoms with E-state index in [-0.39, 0.29) is 17.3 Å². The zero-order chi connectivity index (χ0) is 13.8. The standard InChI is InChI=1S/C12H9N7/c13-5-7-1-2-9(3-8(7)6-14)17-11-4-10(15)18-12(16)19-11/h1-4H,(H5,15,16,17,18,19). The summed E-state index contributed by atoms with van der Waals surface area (Å²) in [6.07, 6.45) is 0. The Labute approximate surface area is 109 Å². The quantitative estimate of drug-likeness (QED) is 0.727. The van der Waals surface area contributed by atoms with Crippen molar-refractivity contribution in [3.8, 4) is 12.1 Å². The lowest BCUT2D eigenvalue weighted by Crippen LogP contribution is -2.03. The number of hydrogen-bond donors (Lipinski definition) is 3. The van der Waals surface area contributed by atoms with Crippen molar-refractivity contribution in [1.29, 1.82) is 10.5 Å². The van der Waals surface area contributed by atoms with Gasteiger partial charge in [0, 0.05) is 11.8 Å². The Morgan fingerprint density at radius 2 is 1.74 bits per heavy atom. The van der Waals surface area contributed by atoms with E-state index in [9.17, 15) is 0 Å². The average molecular weight is 251 g/mol. The fourth-order valence-corrected chi connectivity index (χ4v) is 1.51. The molecule has 2 rings (SSSR count). The molecule has 0 aliphatic rings. The van der Waals surface area contributed by atoms with Crippen LogP contribution in [-0.2, 0) is 0 Å². The summed E-state index contributed by atoms with van der Waals surface area (Å²) in [5.74, 6) is 0.708. The monoisotopic (exact) mass is 251 g/mol. The molecule has 0 aliphatic heterocycles. The maximum Gasteiger partial charge on any atom is 0.223 e. The van der Waals surface area contributed by atoms with E-state index in [2.05, 4.69) is 15.3 Å². The van der Waals surface area contributed by atoms with Crippen LogP contribution in [0.1, 0.15) is 11.1 Å². The van der Waals surface area contributed by atoms with Gasteiger partial charge in [-0.25, -0.2) is 0 Å². The highest BCUT2D eigenvalue weighted by Gasteiger charge is 2.05. The van der Waals surface area contributed by atoms with Gasteiger partial charge in [0.2, 0.25) is 5.95 Å². The lowest BCUT2D eigenvalue weighted by atomic mass is 10.1. The molecular weight excluding hydrogens is 242 g/mol. The largest absolute Gasteiger partial charge is 0.383 e. The molecule has 92 valence electrons. The fourth-order valence-electron chi connectivity index (χ4n) is 1.51. The van der Waals surface area contributed by atoms with Crippen molar-refractivity contribution in [3.05, 3.63) is 35.4 Å². The van der Waals surface area contributed by atoms with Crippen molar-refractivity contribution in [1.82, 2.24) is 9.97 Å². The minimum atomic E-state index is 0.0525. The zero-order valence-corrected chi connectivity index (χ0v) is 9.75. The molecule has 7 nitrogen and oxygen atoms in total. The van der Waals surface area contributed by atoms with Gasteiger partial charge < -0.3 is 16.8 Å². The Kier molecular flexibility index (Phi) is 3.13. The second-order valence-corrected chi connectivity index (χ2v) is 3.65. The lowest BCUT2D eigenvalue weighted by molar-refractivity contribution is 1.19. The molecule has 19 heavy (non-hydrogen) atoms. The highest BCUT2D eigenvalue weighted by molar-refractivity contribution is 5.63. The van der Waals surface area contributed by atoms with E-state index in [4.69, 9.17) is 22.0 Å². The predicted octanol–water partition coefficient (Wildman–Crippen LogP) is 1.13. The van der Waals surface area contributed by atoms with Crippen LogP contribution in [0.3, 0.4) is 0 Å². The summed E-state index contributed by atoms with van der Waals surface area (Å²) in [6.45, 7) is 0. The Balaban J connectivity index is 2.34. The van der Waals surface area contributed by atoms with Gasteiger partial charge in [0.05, 0.1) is 11.1 Å². The summed E-state index contributed by atoms with van der Waals surface area (Å²) in [6, 6.07) is 10.2. The molecule has 0 spiro atoms. The number of nitrogens with zero attached hydrogens (tertiary/aromatic N) is 4. The average Bonchev–Trinajstić information content (AvgIpc) is 2.37. The number of benzene rings is 1. The van der Waals surface area contributed by atoms with Crippen LogP contribution in [0.5, 0.6) is 0 Å². The van der Waals surface area contributed by atoms with Gasteiger partial charge in [-0.3, -0.25) is 0 Å². The number of nitrogens with one attached hydrogen (secondary N) is 1. The van der Waals surface area contributed by atoms with E-state index in [0.717, 1.165) is 0 Å². The Bertz CT molecular complexity index is 689. The van der Waals surface area contributed by atoms with Crippen LogP contribution in [0.25, 0.3) is 0 Å². The van der Waals surface area contributed by atoms with Crippen molar-refractivity contribution in [2.75, 3.05) is 16.8 Å². The van der Waals surface area contributed by atoms with E-state index in [1.54, 1.807) is 18.2 Å². The first-order valence-corrected chi connectivity index (χ1v) is 5.23. The van der Waals surface area contributed by atoms with E-state index in [1.165, 1.54) is 6.07 Å². The van der Waals surface area contributed by atoms with Crippen molar-refractivity contribution in [2.45, 2.75) is 0 Å². The third-order valence-electron chi connectivity index (χ3n) is 2.30. The molecule has 1 aromatic carbocycles. The predicted molar refractivity (Wildman–Crippen MR) is 70.0 cm³/mol. The minimum absolute atomic E-state index is 0.0525. The van der Waals surface area contributed by atoms with Crippen molar-refractivity contribution >= 4 is 23.3 Å². The van der Waals surface area contributed by atoms with E-state index in [0.29, 0.717) is 17.1 Å². The number of nitriles is 2. The van der Waals surface area contributed by atoms with Crippen molar-refractivity contribution in [3.63, 3.8) is 0 Å². The maximum absolute atomic E-state index is 8.93.